The van der Waals surface area contributed by atoms with Crippen LogP contribution in [0.3, 0.4) is 0 Å². The van der Waals surface area contributed by atoms with Crippen LogP contribution in [0.4, 0.5) is 0 Å². The Morgan fingerprint density at radius 2 is 2.17 bits per heavy atom. The largest absolute Gasteiger partial charge is 0.347 e. The third-order valence-corrected chi connectivity index (χ3v) is 4.99. The van der Waals surface area contributed by atoms with Crippen molar-refractivity contribution in [1.29, 1.82) is 0 Å². The molecule has 6 heteroatoms. The van der Waals surface area contributed by atoms with Gasteiger partial charge in [0.05, 0.1) is 6.04 Å². The van der Waals surface area contributed by atoms with E-state index in [0.717, 1.165) is 36.0 Å². The molecule has 3 rings (SSSR count). The molecule has 122 valence electrons. The van der Waals surface area contributed by atoms with Gasteiger partial charge in [-0.15, -0.1) is 0 Å². The van der Waals surface area contributed by atoms with Crippen LogP contribution in [-0.4, -0.2) is 28.8 Å². The lowest BCUT2D eigenvalue weighted by atomic mass is 9.87. The van der Waals surface area contributed by atoms with Crippen molar-refractivity contribution in [3.63, 3.8) is 0 Å². The molecule has 1 aliphatic rings. The average Bonchev–Trinajstić information content (AvgIpc) is 3.10. The van der Waals surface area contributed by atoms with E-state index in [-0.39, 0.29) is 11.9 Å². The topological polar surface area (TPSA) is 59.0 Å². The minimum atomic E-state index is -0.602. The zero-order valence-corrected chi connectivity index (χ0v) is 14.7. The van der Waals surface area contributed by atoms with Gasteiger partial charge in [-0.25, -0.2) is 0 Å². The Hall–Kier alpha value is -1.66. The number of halogens is 1. The van der Waals surface area contributed by atoms with Crippen LogP contribution in [0.2, 0.25) is 0 Å². The molecule has 1 aromatic carbocycles. The van der Waals surface area contributed by atoms with Gasteiger partial charge in [-0.3, -0.25) is 9.48 Å². The summed E-state index contributed by atoms with van der Waals surface area (Å²) >= 11 is 3.48. The molecule has 23 heavy (non-hydrogen) atoms. The third kappa shape index (κ3) is 3.33. The number of nitrogens with one attached hydrogen (secondary N) is 2. The van der Waals surface area contributed by atoms with Crippen LogP contribution in [0, 0.1) is 0 Å². The molecule has 1 saturated heterocycles. The number of piperidine rings is 1. The van der Waals surface area contributed by atoms with Crippen LogP contribution in [0.25, 0.3) is 0 Å². The van der Waals surface area contributed by atoms with Crippen LogP contribution in [0.15, 0.2) is 47.2 Å². The van der Waals surface area contributed by atoms with Crippen molar-refractivity contribution in [3.05, 3.63) is 52.8 Å². The van der Waals surface area contributed by atoms with Crippen molar-refractivity contribution in [3.8, 4) is 0 Å². The summed E-state index contributed by atoms with van der Waals surface area (Å²) in [5.74, 6) is 0.0372. The zero-order valence-electron chi connectivity index (χ0n) is 13.1. The third-order valence-electron chi connectivity index (χ3n) is 4.49. The fraction of sp³-hybridized carbons (Fsp3) is 0.412. The van der Waals surface area contributed by atoms with Crippen LogP contribution in [-0.2, 0) is 10.3 Å². The molecular weight excluding hydrogens is 356 g/mol. The second-order valence-electron chi connectivity index (χ2n) is 5.98. The first-order valence-electron chi connectivity index (χ1n) is 7.89. The highest BCUT2D eigenvalue weighted by Gasteiger charge is 2.42. The van der Waals surface area contributed by atoms with E-state index in [0.29, 0.717) is 0 Å². The highest BCUT2D eigenvalue weighted by atomic mass is 79.9. The maximum Gasteiger partial charge on any atom is 0.248 e. The van der Waals surface area contributed by atoms with Crippen molar-refractivity contribution in [1.82, 2.24) is 20.4 Å². The van der Waals surface area contributed by atoms with E-state index in [4.69, 9.17) is 0 Å². The van der Waals surface area contributed by atoms with Crippen molar-refractivity contribution >= 4 is 21.8 Å². The Kier molecular flexibility index (Phi) is 4.82. The molecule has 5 nitrogen and oxygen atoms in total. The molecule has 2 N–H and O–H groups in total. The van der Waals surface area contributed by atoms with Gasteiger partial charge in [-0.1, -0.05) is 28.1 Å². The fourth-order valence-electron chi connectivity index (χ4n) is 3.11. The van der Waals surface area contributed by atoms with Gasteiger partial charge < -0.3 is 10.6 Å². The number of rotatable bonds is 4. The summed E-state index contributed by atoms with van der Waals surface area (Å²) in [6.07, 6.45) is 5.10. The standard InChI is InChI=1S/C17H21BrN4O/c1-13(14-4-2-5-15(18)12-14)21-16(23)17(6-9-19-10-7-17)22-11-3-8-20-22/h2-5,8,11-13,19H,6-7,9-10H2,1H3,(H,21,23). The minimum absolute atomic E-state index is 0.0372. The SMILES string of the molecule is CC(NC(=O)C1(n2cccn2)CCNCC1)c1cccc(Br)c1. The molecule has 1 amide bonds. The predicted octanol–water partition coefficient (Wildman–Crippen LogP) is 2.60. The van der Waals surface area contributed by atoms with Gasteiger partial charge in [0, 0.05) is 16.9 Å². The van der Waals surface area contributed by atoms with Crippen LogP contribution >= 0.6 is 15.9 Å². The number of amides is 1. The summed E-state index contributed by atoms with van der Waals surface area (Å²) in [4.78, 5) is 13.1. The molecule has 0 radical (unpaired) electrons. The molecule has 2 heterocycles. The Bertz CT molecular complexity index is 665. The Morgan fingerprint density at radius 1 is 1.39 bits per heavy atom. The molecule has 0 aliphatic carbocycles. The number of carbonyl (C=O) groups excluding carboxylic acids is 1. The lowest BCUT2D eigenvalue weighted by Crippen LogP contribution is -2.55. The van der Waals surface area contributed by atoms with E-state index >= 15 is 0 Å². The van der Waals surface area contributed by atoms with E-state index in [1.54, 1.807) is 6.20 Å². The molecule has 0 spiro atoms. The predicted molar refractivity (Wildman–Crippen MR) is 93.0 cm³/mol. The first-order chi connectivity index (χ1) is 11.1. The lowest BCUT2D eigenvalue weighted by molar-refractivity contribution is -0.132. The van der Waals surface area contributed by atoms with Gasteiger partial charge in [0.25, 0.3) is 0 Å². The van der Waals surface area contributed by atoms with Gasteiger partial charge in [0.2, 0.25) is 5.91 Å². The normalized spacial score (nSPS) is 18.3. The first kappa shape index (κ1) is 16.2. The van der Waals surface area contributed by atoms with Crippen molar-refractivity contribution in [2.75, 3.05) is 13.1 Å². The van der Waals surface area contributed by atoms with Crippen molar-refractivity contribution in [2.24, 2.45) is 0 Å². The van der Waals surface area contributed by atoms with E-state index < -0.39 is 5.54 Å². The van der Waals surface area contributed by atoms with Crippen LogP contribution < -0.4 is 10.6 Å². The fourth-order valence-corrected chi connectivity index (χ4v) is 3.53. The van der Waals surface area contributed by atoms with E-state index in [9.17, 15) is 4.79 Å². The summed E-state index contributed by atoms with van der Waals surface area (Å²) in [5, 5.41) is 10.8. The summed E-state index contributed by atoms with van der Waals surface area (Å²) in [7, 11) is 0. The number of nitrogens with zero attached hydrogens (tertiary/aromatic N) is 2. The van der Waals surface area contributed by atoms with Crippen LogP contribution in [0.5, 0.6) is 0 Å². The Morgan fingerprint density at radius 3 is 2.83 bits per heavy atom. The summed E-state index contributed by atoms with van der Waals surface area (Å²) in [5.41, 5.74) is 0.479. The van der Waals surface area contributed by atoms with Gasteiger partial charge in [0.1, 0.15) is 5.54 Å². The Balaban J connectivity index is 1.82. The van der Waals surface area contributed by atoms with Gasteiger partial charge in [-0.05, 0) is 56.6 Å². The number of hydrogen-bond acceptors (Lipinski definition) is 3. The lowest BCUT2D eigenvalue weighted by Gasteiger charge is -2.37. The maximum atomic E-state index is 13.1. The highest BCUT2D eigenvalue weighted by molar-refractivity contribution is 9.10. The number of aromatic nitrogens is 2. The smallest absolute Gasteiger partial charge is 0.248 e. The second-order valence-corrected chi connectivity index (χ2v) is 6.90. The van der Waals surface area contributed by atoms with E-state index in [2.05, 4.69) is 31.7 Å². The van der Waals surface area contributed by atoms with Crippen molar-refractivity contribution in [2.45, 2.75) is 31.3 Å². The molecule has 1 fully saturated rings. The van der Waals surface area contributed by atoms with Gasteiger partial charge >= 0.3 is 0 Å². The minimum Gasteiger partial charge on any atom is -0.347 e. The quantitative estimate of drug-likeness (QED) is 0.861. The highest BCUT2D eigenvalue weighted by Crippen LogP contribution is 2.28. The monoisotopic (exact) mass is 376 g/mol. The molecule has 1 aliphatic heterocycles. The molecule has 1 aromatic heterocycles. The average molecular weight is 377 g/mol. The Labute approximate surface area is 144 Å². The molecular formula is C17H21BrN4O. The molecule has 2 aromatic rings. The number of benzene rings is 1. The van der Waals surface area contributed by atoms with E-state index in [1.807, 2.05) is 48.1 Å². The molecule has 1 atom stereocenters. The number of carbonyl (C=O) groups is 1. The molecule has 1 unspecified atom stereocenters. The summed E-state index contributed by atoms with van der Waals surface area (Å²) in [6.45, 7) is 3.65. The van der Waals surface area contributed by atoms with Crippen molar-refractivity contribution < 1.29 is 4.79 Å². The van der Waals surface area contributed by atoms with E-state index in [1.165, 1.54) is 0 Å². The molecule has 0 saturated carbocycles. The number of hydrogen-bond donors (Lipinski definition) is 2. The summed E-state index contributed by atoms with van der Waals surface area (Å²) in [6, 6.07) is 9.84. The van der Waals surface area contributed by atoms with Crippen LogP contribution in [0.1, 0.15) is 31.4 Å². The second kappa shape index (κ2) is 6.84. The first-order valence-corrected chi connectivity index (χ1v) is 8.68. The molecule has 0 bridgehead atoms. The van der Waals surface area contributed by atoms with Gasteiger partial charge in [-0.2, -0.15) is 5.10 Å². The zero-order chi connectivity index (χ0) is 16.3. The maximum absolute atomic E-state index is 13.1. The summed E-state index contributed by atoms with van der Waals surface area (Å²) < 4.78 is 2.83. The van der Waals surface area contributed by atoms with Gasteiger partial charge in [0.15, 0.2) is 0 Å².